The van der Waals surface area contributed by atoms with Gasteiger partial charge in [-0.1, -0.05) is 0 Å². The maximum absolute atomic E-state index is 8.02. The monoisotopic (exact) mass is 348 g/mol. The topological polar surface area (TPSA) is 13.0 Å². The Morgan fingerprint density at radius 1 is 0.682 bits per heavy atom. The second kappa shape index (κ2) is 6.82. The summed E-state index contributed by atoms with van der Waals surface area (Å²) in [7, 11) is 0. The molecule has 3 fully saturated rings. The second-order valence-corrected chi connectivity index (χ2v) is 12.7. The molecular formula is C16H34ClN4P. The van der Waals surface area contributed by atoms with E-state index in [-0.39, 0.29) is 0 Å². The average Bonchev–Trinajstić information content (AvgIpc) is 3.31. The first-order valence-electron chi connectivity index (χ1n) is 9.41. The third-order valence-electron chi connectivity index (χ3n) is 5.92. The standard InChI is InChI=1S/C16H34ClN4P/c1-3-18(4-2)22(17,19-11-5-6-12-19,20-13-7-8-14-20)21-15-9-10-16-21/h3-16H2,1-2H3. The van der Waals surface area contributed by atoms with Crippen LogP contribution in [0.5, 0.6) is 0 Å². The Morgan fingerprint density at radius 2 is 0.955 bits per heavy atom. The Balaban J connectivity index is 2.10. The Hall–Kier alpha value is 0.560. The van der Waals surface area contributed by atoms with E-state index in [1.54, 1.807) is 0 Å². The van der Waals surface area contributed by atoms with Crippen LogP contribution in [0.3, 0.4) is 0 Å². The molecule has 0 atom stereocenters. The summed E-state index contributed by atoms with van der Waals surface area (Å²) in [6, 6.07) is 0. The Morgan fingerprint density at radius 3 is 1.18 bits per heavy atom. The minimum absolute atomic E-state index is 1.06. The van der Waals surface area contributed by atoms with E-state index in [0.717, 1.165) is 13.1 Å². The van der Waals surface area contributed by atoms with E-state index < -0.39 is 6.56 Å². The molecule has 3 heterocycles. The summed E-state index contributed by atoms with van der Waals surface area (Å²) in [5.41, 5.74) is 0. The zero-order valence-corrected chi connectivity index (χ0v) is 16.2. The van der Waals surface area contributed by atoms with Crippen molar-refractivity contribution in [1.82, 2.24) is 18.7 Å². The fourth-order valence-corrected chi connectivity index (χ4v) is 12.9. The maximum atomic E-state index is 8.02. The van der Waals surface area contributed by atoms with Gasteiger partial charge in [0.15, 0.2) is 0 Å². The molecule has 22 heavy (non-hydrogen) atoms. The molecule has 0 radical (unpaired) electrons. The van der Waals surface area contributed by atoms with E-state index in [1.807, 2.05) is 0 Å². The van der Waals surface area contributed by atoms with Crippen molar-refractivity contribution in [3.05, 3.63) is 0 Å². The Labute approximate surface area is 141 Å². The number of hydrogen-bond donors (Lipinski definition) is 0. The van der Waals surface area contributed by atoms with Crippen LogP contribution in [-0.4, -0.2) is 71.0 Å². The predicted molar refractivity (Wildman–Crippen MR) is 98.1 cm³/mol. The van der Waals surface area contributed by atoms with E-state index in [2.05, 4.69) is 32.5 Å². The Bertz CT molecular complexity index is 320. The summed E-state index contributed by atoms with van der Waals surface area (Å²) in [4.78, 5) is 0. The summed E-state index contributed by atoms with van der Waals surface area (Å²) in [6.07, 6.45) is 7.88. The summed E-state index contributed by atoms with van der Waals surface area (Å²) in [5, 5.41) is 0. The van der Waals surface area contributed by atoms with Gasteiger partial charge < -0.3 is 0 Å². The average molecular weight is 349 g/mol. The van der Waals surface area contributed by atoms with Gasteiger partial charge in [-0.3, -0.25) is 0 Å². The molecule has 3 rings (SSSR count). The van der Waals surface area contributed by atoms with Crippen molar-refractivity contribution in [1.29, 1.82) is 0 Å². The van der Waals surface area contributed by atoms with Crippen LogP contribution in [0, 0.1) is 0 Å². The van der Waals surface area contributed by atoms with Crippen LogP contribution in [-0.2, 0) is 0 Å². The van der Waals surface area contributed by atoms with Crippen LogP contribution in [0.1, 0.15) is 52.4 Å². The number of nitrogens with zero attached hydrogens (tertiary/aromatic N) is 4. The molecule has 0 N–H and O–H groups in total. The molecule has 3 aliphatic heterocycles. The zero-order valence-electron chi connectivity index (χ0n) is 14.5. The van der Waals surface area contributed by atoms with Gasteiger partial charge in [0.25, 0.3) is 0 Å². The second-order valence-electron chi connectivity index (χ2n) is 6.96. The van der Waals surface area contributed by atoms with Crippen molar-refractivity contribution in [2.45, 2.75) is 52.4 Å². The van der Waals surface area contributed by atoms with Crippen LogP contribution in [0.2, 0.25) is 0 Å². The van der Waals surface area contributed by atoms with Gasteiger partial charge in [0.2, 0.25) is 0 Å². The molecule has 0 aromatic carbocycles. The van der Waals surface area contributed by atoms with Gasteiger partial charge in [-0.15, -0.1) is 0 Å². The van der Waals surface area contributed by atoms with Crippen molar-refractivity contribution in [3.63, 3.8) is 0 Å². The van der Waals surface area contributed by atoms with Gasteiger partial charge in [0, 0.05) is 0 Å². The Kier molecular flexibility index (Phi) is 5.39. The van der Waals surface area contributed by atoms with E-state index in [0.29, 0.717) is 0 Å². The number of hydrogen-bond acceptors (Lipinski definition) is 4. The van der Waals surface area contributed by atoms with Gasteiger partial charge in [-0.2, -0.15) is 0 Å². The van der Waals surface area contributed by atoms with Crippen molar-refractivity contribution >= 4 is 17.8 Å². The fourth-order valence-electron chi connectivity index (χ4n) is 4.92. The molecule has 0 amide bonds. The van der Waals surface area contributed by atoms with Crippen LogP contribution in [0.15, 0.2) is 0 Å². The SMILES string of the molecule is CCN(CC)P(Cl)(N1CCCC1)(N1CCCC1)N1CCCC1. The number of halogens is 1. The first-order valence-corrected chi connectivity index (χ1v) is 12.4. The molecule has 0 aromatic heterocycles. The van der Waals surface area contributed by atoms with Crippen molar-refractivity contribution in [2.24, 2.45) is 0 Å². The van der Waals surface area contributed by atoms with Gasteiger partial charge in [-0.05, 0) is 0 Å². The number of rotatable bonds is 6. The van der Waals surface area contributed by atoms with E-state index in [1.165, 1.54) is 77.8 Å². The van der Waals surface area contributed by atoms with Gasteiger partial charge in [-0.25, -0.2) is 0 Å². The third-order valence-corrected chi connectivity index (χ3v) is 14.1. The van der Waals surface area contributed by atoms with E-state index in [9.17, 15) is 0 Å². The molecule has 0 bridgehead atoms. The summed E-state index contributed by atoms with van der Waals surface area (Å²) < 4.78 is 10.9. The van der Waals surface area contributed by atoms with Crippen LogP contribution in [0.25, 0.3) is 0 Å². The van der Waals surface area contributed by atoms with Crippen molar-refractivity contribution in [2.75, 3.05) is 52.4 Å². The van der Waals surface area contributed by atoms with Crippen molar-refractivity contribution in [3.8, 4) is 0 Å². The van der Waals surface area contributed by atoms with Crippen LogP contribution in [0.4, 0.5) is 0 Å². The predicted octanol–water partition coefficient (Wildman–Crippen LogP) is 3.98. The normalized spacial score (nSPS) is 27.7. The molecule has 0 aliphatic carbocycles. The zero-order chi connectivity index (χ0) is 15.7. The third kappa shape index (κ3) is 2.37. The molecule has 0 saturated carbocycles. The summed E-state index contributed by atoms with van der Waals surface area (Å²) in [6.45, 7) is 11.0. The minimum atomic E-state index is -2.83. The molecule has 0 unspecified atom stereocenters. The van der Waals surface area contributed by atoms with Gasteiger partial charge >= 0.3 is 141 Å². The van der Waals surface area contributed by atoms with Crippen LogP contribution >= 0.6 is 17.8 Å². The summed E-state index contributed by atoms with van der Waals surface area (Å²) >= 11 is 8.02. The van der Waals surface area contributed by atoms with E-state index in [4.69, 9.17) is 11.2 Å². The molecule has 6 heteroatoms. The van der Waals surface area contributed by atoms with Crippen molar-refractivity contribution < 1.29 is 0 Å². The molecule has 0 aromatic rings. The van der Waals surface area contributed by atoms with Gasteiger partial charge in [0.05, 0.1) is 0 Å². The first kappa shape index (κ1) is 17.4. The molecule has 3 saturated heterocycles. The molecule has 0 spiro atoms. The quantitative estimate of drug-likeness (QED) is 0.673. The molecule has 3 aliphatic rings. The molecule has 130 valence electrons. The van der Waals surface area contributed by atoms with E-state index >= 15 is 0 Å². The first-order chi connectivity index (χ1) is 10.7. The van der Waals surface area contributed by atoms with Gasteiger partial charge in [0.1, 0.15) is 0 Å². The molecular weight excluding hydrogens is 315 g/mol. The van der Waals surface area contributed by atoms with Crippen LogP contribution < -0.4 is 0 Å². The molecule has 4 nitrogen and oxygen atoms in total. The summed E-state index contributed by atoms with van der Waals surface area (Å²) in [5.74, 6) is 0. The fraction of sp³-hybridized carbons (Fsp3) is 1.00.